The van der Waals surface area contributed by atoms with Gasteiger partial charge in [-0.1, -0.05) is 60.7 Å². The van der Waals surface area contributed by atoms with E-state index in [1.54, 1.807) is 19.0 Å². The largest absolute Gasteiger partial charge is 0.331 e. The third-order valence-corrected chi connectivity index (χ3v) is 6.47. The second-order valence-corrected chi connectivity index (χ2v) is 9.11. The Kier molecular flexibility index (Phi) is 7.61. The molecular formula is C29H31F2N3O. The number of urea groups is 1. The van der Waals surface area contributed by atoms with E-state index in [4.69, 9.17) is 0 Å². The van der Waals surface area contributed by atoms with Crippen LogP contribution < -0.4 is 5.32 Å². The van der Waals surface area contributed by atoms with Crippen LogP contribution in [-0.2, 0) is 12.1 Å². The Hall–Kier alpha value is -3.51. The molecule has 35 heavy (non-hydrogen) atoms. The summed E-state index contributed by atoms with van der Waals surface area (Å²) >= 11 is 0. The predicted molar refractivity (Wildman–Crippen MR) is 136 cm³/mol. The van der Waals surface area contributed by atoms with Gasteiger partial charge in [-0.05, 0) is 60.4 Å². The number of carbonyl (C=O) groups excluding carboxylic acids is 1. The molecule has 0 aliphatic carbocycles. The fourth-order valence-electron chi connectivity index (χ4n) is 4.74. The number of hydrogen-bond donors (Lipinski definition) is 1. The SMILES string of the molecule is CN(C)C(=O)N1CC(c2cc(F)ccc2F)=CC1(CCCNCc1ccccc1)c1ccccc1. The van der Waals surface area contributed by atoms with Gasteiger partial charge >= 0.3 is 6.03 Å². The van der Waals surface area contributed by atoms with Gasteiger partial charge in [0.1, 0.15) is 11.6 Å². The molecule has 4 nitrogen and oxygen atoms in total. The summed E-state index contributed by atoms with van der Waals surface area (Å²) in [7, 11) is 3.42. The Labute approximate surface area is 205 Å². The van der Waals surface area contributed by atoms with Gasteiger partial charge in [-0.2, -0.15) is 0 Å². The molecule has 1 aliphatic heterocycles. The van der Waals surface area contributed by atoms with E-state index in [1.165, 1.54) is 16.5 Å². The smallest absolute Gasteiger partial charge is 0.320 e. The van der Waals surface area contributed by atoms with Crippen molar-refractivity contribution in [2.24, 2.45) is 0 Å². The molecule has 1 N–H and O–H groups in total. The molecular weight excluding hydrogens is 444 g/mol. The van der Waals surface area contributed by atoms with Gasteiger partial charge in [0.05, 0.1) is 5.54 Å². The lowest BCUT2D eigenvalue weighted by atomic mass is 9.84. The summed E-state index contributed by atoms with van der Waals surface area (Å²) in [6.07, 6.45) is 3.38. The maximum Gasteiger partial charge on any atom is 0.320 e. The summed E-state index contributed by atoms with van der Waals surface area (Å²) in [4.78, 5) is 16.7. The number of hydrogen-bond acceptors (Lipinski definition) is 2. The molecule has 0 spiro atoms. The molecule has 0 aromatic heterocycles. The third kappa shape index (κ3) is 5.43. The van der Waals surface area contributed by atoms with E-state index < -0.39 is 17.2 Å². The molecule has 0 saturated carbocycles. The summed E-state index contributed by atoms with van der Waals surface area (Å²) in [5, 5.41) is 3.48. The molecule has 0 fully saturated rings. The molecule has 1 unspecified atom stereocenters. The van der Waals surface area contributed by atoms with Gasteiger partial charge in [0.2, 0.25) is 0 Å². The van der Waals surface area contributed by atoms with E-state index in [0.717, 1.165) is 37.2 Å². The molecule has 1 aliphatic rings. The van der Waals surface area contributed by atoms with Crippen molar-refractivity contribution in [2.45, 2.75) is 24.9 Å². The Balaban J connectivity index is 1.66. The first kappa shape index (κ1) is 24.6. The molecule has 0 radical (unpaired) electrons. The van der Waals surface area contributed by atoms with Crippen molar-refractivity contribution in [2.75, 3.05) is 27.2 Å². The highest BCUT2D eigenvalue weighted by Gasteiger charge is 2.45. The Morgan fingerprint density at radius 2 is 1.69 bits per heavy atom. The van der Waals surface area contributed by atoms with Crippen molar-refractivity contribution in [3.63, 3.8) is 0 Å². The van der Waals surface area contributed by atoms with E-state index in [0.29, 0.717) is 12.0 Å². The zero-order valence-electron chi connectivity index (χ0n) is 20.2. The maximum atomic E-state index is 14.7. The first-order valence-corrected chi connectivity index (χ1v) is 11.9. The Morgan fingerprint density at radius 1 is 1.00 bits per heavy atom. The van der Waals surface area contributed by atoms with Crippen molar-refractivity contribution >= 4 is 11.6 Å². The Bertz CT molecular complexity index is 1180. The van der Waals surface area contributed by atoms with Gasteiger partial charge in [0.15, 0.2) is 0 Å². The number of benzene rings is 3. The highest BCUT2D eigenvalue weighted by Crippen LogP contribution is 2.44. The number of nitrogens with zero attached hydrogens (tertiary/aromatic N) is 2. The van der Waals surface area contributed by atoms with Crippen LogP contribution in [0.15, 0.2) is 84.9 Å². The molecule has 0 bridgehead atoms. The van der Waals surface area contributed by atoms with Gasteiger partial charge in [-0.3, -0.25) is 0 Å². The summed E-state index contributed by atoms with van der Waals surface area (Å²) in [6, 6.07) is 23.3. The average molecular weight is 476 g/mol. The highest BCUT2D eigenvalue weighted by molar-refractivity contribution is 5.83. The van der Waals surface area contributed by atoms with Crippen molar-refractivity contribution in [1.82, 2.24) is 15.1 Å². The minimum absolute atomic E-state index is 0.172. The van der Waals surface area contributed by atoms with Gasteiger partial charge in [-0.15, -0.1) is 0 Å². The van der Waals surface area contributed by atoms with Crippen LogP contribution in [0.1, 0.15) is 29.5 Å². The number of rotatable bonds is 8. The monoisotopic (exact) mass is 475 g/mol. The standard InChI is InChI=1S/C29H31F2N3O/c1-33(2)28(35)34-21-23(26-18-25(30)14-15-27(26)31)19-29(34,24-12-7-4-8-13-24)16-9-17-32-20-22-10-5-3-6-11-22/h3-8,10-15,18-19,32H,9,16-17,20-21H2,1-2H3. The molecule has 3 aromatic carbocycles. The first-order chi connectivity index (χ1) is 16.9. The number of nitrogens with one attached hydrogen (secondary N) is 1. The zero-order valence-corrected chi connectivity index (χ0v) is 20.2. The highest BCUT2D eigenvalue weighted by atomic mass is 19.1. The molecule has 2 amide bonds. The fourth-order valence-corrected chi connectivity index (χ4v) is 4.74. The van der Waals surface area contributed by atoms with E-state index in [1.807, 2.05) is 54.6 Å². The van der Waals surface area contributed by atoms with Crippen molar-refractivity contribution in [3.8, 4) is 0 Å². The minimum Gasteiger partial charge on any atom is -0.331 e. The van der Waals surface area contributed by atoms with Crippen LogP contribution in [0.2, 0.25) is 0 Å². The van der Waals surface area contributed by atoms with E-state index in [-0.39, 0.29) is 18.1 Å². The lowest BCUT2D eigenvalue weighted by molar-refractivity contribution is 0.130. The van der Waals surface area contributed by atoms with E-state index in [2.05, 4.69) is 17.4 Å². The van der Waals surface area contributed by atoms with Gasteiger partial charge in [0.25, 0.3) is 0 Å². The lowest BCUT2D eigenvalue weighted by Crippen LogP contribution is -2.49. The third-order valence-electron chi connectivity index (χ3n) is 6.47. The molecule has 4 rings (SSSR count). The predicted octanol–water partition coefficient (Wildman–Crippen LogP) is 5.81. The van der Waals surface area contributed by atoms with Crippen LogP contribution in [-0.4, -0.2) is 43.0 Å². The van der Waals surface area contributed by atoms with Crippen molar-refractivity contribution in [1.29, 1.82) is 0 Å². The van der Waals surface area contributed by atoms with Gasteiger partial charge in [-0.25, -0.2) is 13.6 Å². The summed E-state index contributed by atoms with van der Waals surface area (Å²) in [5.41, 5.74) is 2.19. The van der Waals surface area contributed by atoms with Gasteiger partial charge in [0, 0.05) is 32.7 Å². The van der Waals surface area contributed by atoms with Crippen LogP contribution in [0.25, 0.3) is 5.57 Å². The number of halogens is 2. The van der Waals surface area contributed by atoms with Crippen LogP contribution in [0.5, 0.6) is 0 Å². The number of carbonyl (C=O) groups is 1. The zero-order chi connectivity index (χ0) is 24.8. The molecule has 3 aromatic rings. The van der Waals surface area contributed by atoms with Crippen molar-refractivity contribution in [3.05, 3.63) is 113 Å². The maximum absolute atomic E-state index is 14.7. The van der Waals surface area contributed by atoms with E-state index in [9.17, 15) is 13.6 Å². The van der Waals surface area contributed by atoms with Gasteiger partial charge < -0.3 is 15.1 Å². The average Bonchev–Trinajstić information content (AvgIpc) is 3.26. The van der Waals surface area contributed by atoms with Crippen LogP contribution >= 0.6 is 0 Å². The summed E-state index contributed by atoms with van der Waals surface area (Å²) in [6.45, 7) is 1.71. The molecule has 182 valence electrons. The molecule has 0 saturated heterocycles. The second-order valence-electron chi connectivity index (χ2n) is 9.11. The van der Waals surface area contributed by atoms with Crippen molar-refractivity contribution < 1.29 is 13.6 Å². The van der Waals surface area contributed by atoms with E-state index >= 15 is 0 Å². The first-order valence-electron chi connectivity index (χ1n) is 11.9. The summed E-state index contributed by atoms with van der Waals surface area (Å²) < 4.78 is 28.8. The normalized spacial score (nSPS) is 17.4. The topological polar surface area (TPSA) is 35.6 Å². The van der Waals surface area contributed by atoms with Crippen LogP contribution in [0.4, 0.5) is 13.6 Å². The Morgan fingerprint density at radius 3 is 2.37 bits per heavy atom. The molecule has 6 heteroatoms. The molecule has 1 heterocycles. The summed E-state index contributed by atoms with van der Waals surface area (Å²) in [5.74, 6) is -1.00. The fraction of sp³-hybridized carbons (Fsp3) is 0.276. The minimum atomic E-state index is -0.773. The molecule has 1 atom stereocenters. The lowest BCUT2D eigenvalue weighted by Gasteiger charge is -2.40. The second kappa shape index (κ2) is 10.8. The van der Waals surface area contributed by atoms with Crippen LogP contribution in [0.3, 0.4) is 0 Å². The van der Waals surface area contributed by atoms with Crippen LogP contribution in [0, 0.1) is 11.6 Å². The quantitative estimate of drug-likeness (QED) is 0.417. The number of amides is 2.